The molecule has 0 aliphatic heterocycles. The summed E-state index contributed by atoms with van der Waals surface area (Å²) in [5, 5.41) is 7.04. The van der Waals surface area contributed by atoms with Crippen molar-refractivity contribution in [1.82, 2.24) is 14.6 Å². The first-order valence-corrected chi connectivity index (χ1v) is 7.12. The lowest BCUT2D eigenvalue weighted by Crippen LogP contribution is -2.26. The molecule has 0 bridgehead atoms. The lowest BCUT2D eigenvalue weighted by molar-refractivity contribution is 0.334. The lowest BCUT2D eigenvalue weighted by Gasteiger charge is -2.11. The van der Waals surface area contributed by atoms with E-state index in [2.05, 4.69) is 24.2 Å². The number of aromatic nitrogens is 2. The van der Waals surface area contributed by atoms with Crippen LogP contribution in [-0.4, -0.2) is 21.7 Å². The normalized spacial score (nSPS) is 11.5. The van der Waals surface area contributed by atoms with Crippen LogP contribution in [0.5, 0.6) is 0 Å². The number of hydrazine groups is 1. The van der Waals surface area contributed by atoms with Crippen LogP contribution in [0.15, 0.2) is 42.5 Å². The summed E-state index contributed by atoms with van der Waals surface area (Å²) in [7, 11) is 1.84. The third-order valence-corrected chi connectivity index (χ3v) is 3.67. The zero-order chi connectivity index (χ0) is 15.0. The van der Waals surface area contributed by atoms with Crippen LogP contribution in [0.25, 0.3) is 16.8 Å². The summed E-state index contributed by atoms with van der Waals surface area (Å²) in [5.74, 6) is 5.78. The number of rotatable bonds is 3. The maximum atomic E-state index is 6.26. The van der Waals surface area contributed by atoms with Gasteiger partial charge in [-0.25, -0.2) is 9.52 Å². The molecule has 108 valence electrons. The van der Waals surface area contributed by atoms with Gasteiger partial charge in [-0.1, -0.05) is 29.8 Å². The molecule has 0 unspecified atom stereocenters. The minimum absolute atomic E-state index is 0.627. The molecular weight excluding hydrogens is 284 g/mol. The van der Waals surface area contributed by atoms with E-state index in [0.717, 1.165) is 22.5 Å². The molecule has 3 aromatic rings. The van der Waals surface area contributed by atoms with Crippen molar-refractivity contribution in [2.45, 2.75) is 13.5 Å². The Bertz CT molecular complexity index is 792. The predicted molar refractivity (Wildman–Crippen MR) is 86.0 cm³/mol. The van der Waals surface area contributed by atoms with E-state index < -0.39 is 0 Å². The molecule has 1 aromatic carbocycles. The Hall–Kier alpha value is -1.88. The maximum Gasteiger partial charge on any atom is 0.0948 e. The van der Waals surface area contributed by atoms with Gasteiger partial charge in [0.1, 0.15) is 0 Å². The molecule has 2 aromatic heterocycles. The van der Waals surface area contributed by atoms with Crippen LogP contribution in [0.3, 0.4) is 0 Å². The molecule has 0 saturated heterocycles. The van der Waals surface area contributed by atoms with Crippen molar-refractivity contribution in [1.29, 1.82) is 0 Å². The monoisotopic (exact) mass is 300 g/mol. The SMILES string of the molecule is Cc1cc(CN(C)N)n2nc(-c3ccccc3Cl)cc2c1. The molecule has 0 spiro atoms. The van der Waals surface area contributed by atoms with Gasteiger partial charge in [0.15, 0.2) is 0 Å². The zero-order valence-electron chi connectivity index (χ0n) is 12.0. The number of fused-ring (bicyclic) bond motifs is 1. The Morgan fingerprint density at radius 2 is 2.00 bits per heavy atom. The Morgan fingerprint density at radius 1 is 1.24 bits per heavy atom. The first-order chi connectivity index (χ1) is 10.0. The van der Waals surface area contributed by atoms with Crippen molar-refractivity contribution in [3.8, 4) is 11.3 Å². The molecule has 21 heavy (non-hydrogen) atoms. The summed E-state index contributed by atoms with van der Waals surface area (Å²) < 4.78 is 1.93. The van der Waals surface area contributed by atoms with Crippen LogP contribution in [-0.2, 0) is 6.54 Å². The summed E-state index contributed by atoms with van der Waals surface area (Å²) in [6.07, 6.45) is 0. The van der Waals surface area contributed by atoms with Gasteiger partial charge in [-0.2, -0.15) is 5.10 Å². The fourth-order valence-corrected chi connectivity index (χ4v) is 2.73. The number of halogens is 1. The molecule has 5 heteroatoms. The summed E-state index contributed by atoms with van der Waals surface area (Å²) in [6.45, 7) is 2.70. The second-order valence-electron chi connectivity index (χ2n) is 5.29. The standard InChI is InChI=1S/C16H17ClN4/c1-11-7-12-9-16(14-5-3-4-6-15(14)17)19-21(12)13(8-11)10-20(2)18/h3-9H,10,18H2,1-2H3. The Kier molecular flexibility index (Phi) is 3.68. The average Bonchev–Trinajstić information content (AvgIpc) is 2.82. The molecule has 2 N–H and O–H groups in total. The largest absolute Gasteiger partial charge is 0.269 e. The zero-order valence-corrected chi connectivity index (χ0v) is 12.8. The van der Waals surface area contributed by atoms with Crippen LogP contribution >= 0.6 is 11.6 Å². The van der Waals surface area contributed by atoms with Crippen molar-refractivity contribution in [3.63, 3.8) is 0 Å². The topological polar surface area (TPSA) is 46.6 Å². The van der Waals surface area contributed by atoms with Crippen molar-refractivity contribution in [2.75, 3.05) is 7.05 Å². The summed E-state index contributed by atoms with van der Waals surface area (Å²) in [4.78, 5) is 0. The van der Waals surface area contributed by atoms with Gasteiger partial charge in [0, 0.05) is 12.6 Å². The molecule has 3 rings (SSSR count). The fraction of sp³-hybridized carbons (Fsp3) is 0.188. The third kappa shape index (κ3) is 2.78. The number of nitrogens with two attached hydrogens (primary N) is 1. The maximum absolute atomic E-state index is 6.26. The van der Waals surface area contributed by atoms with Crippen molar-refractivity contribution in [3.05, 3.63) is 58.7 Å². The third-order valence-electron chi connectivity index (χ3n) is 3.34. The van der Waals surface area contributed by atoms with Gasteiger partial charge in [0.25, 0.3) is 0 Å². The molecular formula is C16H17ClN4. The van der Waals surface area contributed by atoms with Gasteiger partial charge in [-0.05, 0) is 36.8 Å². The van der Waals surface area contributed by atoms with Gasteiger partial charge in [-0.15, -0.1) is 0 Å². The number of hydrogen-bond acceptors (Lipinski definition) is 3. The minimum Gasteiger partial charge on any atom is -0.269 e. The highest BCUT2D eigenvalue weighted by Crippen LogP contribution is 2.28. The van der Waals surface area contributed by atoms with Gasteiger partial charge >= 0.3 is 0 Å². The smallest absolute Gasteiger partial charge is 0.0948 e. The van der Waals surface area contributed by atoms with E-state index in [0.29, 0.717) is 11.6 Å². The first-order valence-electron chi connectivity index (χ1n) is 6.74. The van der Waals surface area contributed by atoms with Gasteiger partial charge in [0.2, 0.25) is 0 Å². The minimum atomic E-state index is 0.627. The van der Waals surface area contributed by atoms with Crippen LogP contribution in [0.1, 0.15) is 11.3 Å². The van der Waals surface area contributed by atoms with Crippen LogP contribution in [0, 0.1) is 6.92 Å². The number of benzene rings is 1. The van der Waals surface area contributed by atoms with Crippen LogP contribution in [0.2, 0.25) is 5.02 Å². The number of hydrogen-bond donors (Lipinski definition) is 1. The second-order valence-corrected chi connectivity index (χ2v) is 5.69. The number of aryl methyl sites for hydroxylation is 1. The van der Waals surface area contributed by atoms with Gasteiger partial charge < -0.3 is 0 Å². The van der Waals surface area contributed by atoms with Crippen LogP contribution < -0.4 is 5.84 Å². The Balaban J connectivity index is 2.18. The fourth-order valence-electron chi connectivity index (χ4n) is 2.50. The van der Waals surface area contributed by atoms with Crippen molar-refractivity contribution in [2.24, 2.45) is 5.84 Å². The Labute approximate surface area is 128 Å². The molecule has 0 atom stereocenters. The highest BCUT2D eigenvalue weighted by atomic mass is 35.5. The van der Waals surface area contributed by atoms with Crippen molar-refractivity contribution >= 4 is 17.1 Å². The lowest BCUT2D eigenvalue weighted by atomic mass is 10.1. The molecule has 4 nitrogen and oxygen atoms in total. The van der Waals surface area contributed by atoms with Crippen molar-refractivity contribution < 1.29 is 0 Å². The summed E-state index contributed by atoms with van der Waals surface area (Å²) in [5.41, 5.74) is 5.08. The molecule has 2 heterocycles. The molecule has 0 amide bonds. The van der Waals surface area contributed by atoms with E-state index in [1.54, 1.807) is 5.01 Å². The van der Waals surface area contributed by atoms with E-state index in [1.807, 2.05) is 41.9 Å². The van der Waals surface area contributed by atoms with Gasteiger partial charge in [0.05, 0.1) is 28.5 Å². The van der Waals surface area contributed by atoms with E-state index in [4.69, 9.17) is 17.4 Å². The molecule has 0 saturated carbocycles. The Morgan fingerprint density at radius 3 is 2.71 bits per heavy atom. The molecule has 0 fully saturated rings. The average molecular weight is 301 g/mol. The first kappa shape index (κ1) is 14.1. The number of pyridine rings is 1. The predicted octanol–water partition coefficient (Wildman–Crippen LogP) is 3.27. The summed E-state index contributed by atoms with van der Waals surface area (Å²) >= 11 is 6.26. The molecule has 0 radical (unpaired) electrons. The van der Waals surface area contributed by atoms with E-state index in [-0.39, 0.29) is 0 Å². The quantitative estimate of drug-likeness (QED) is 0.596. The second kappa shape index (κ2) is 5.48. The van der Waals surface area contributed by atoms with E-state index >= 15 is 0 Å². The molecule has 0 aliphatic rings. The number of nitrogens with zero attached hydrogens (tertiary/aromatic N) is 3. The molecule has 0 aliphatic carbocycles. The van der Waals surface area contributed by atoms with Gasteiger partial charge in [-0.3, -0.25) is 5.84 Å². The van der Waals surface area contributed by atoms with E-state index in [1.165, 1.54) is 5.56 Å². The van der Waals surface area contributed by atoms with E-state index in [9.17, 15) is 0 Å². The summed E-state index contributed by atoms with van der Waals surface area (Å²) in [6, 6.07) is 14.0. The highest BCUT2D eigenvalue weighted by molar-refractivity contribution is 6.33. The van der Waals surface area contributed by atoms with Crippen LogP contribution in [0.4, 0.5) is 0 Å². The highest BCUT2D eigenvalue weighted by Gasteiger charge is 2.11.